The zero-order chi connectivity index (χ0) is 20.4. The van der Waals surface area contributed by atoms with Gasteiger partial charge in [-0.3, -0.25) is 4.79 Å². The molecule has 5 nitrogen and oxygen atoms in total. The van der Waals surface area contributed by atoms with Crippen LogP contribution in [0.1, 0.15) is 35.7 Å². The Labute approximate surface area is 169 Å². The number of ether oxygens (including phenoxy) is 1. The Morgan fingerprint density at radius 3 is 2.38 bits per heavy atom. The molecule has 0 bridgehead atoms. The van der Waals surface area contributed by atoms with Crippen molar-refractivity contribution in [2.45, 2.75) is 19.8 Å². The predicted molar refractivity (Wildman–Crippen MR) is 114 cm³/mol. The molecule has 0 unspecified atom stereocenters. The van der Waals surface area contributed by atoms with Crippen LogP contribution in [0.5, 0.6) is 5.75 Å². The molecule has 0 aliphatic rings. The average molecular weight is 386 g/mol. The summed E-state index contributed by atoms with van der Waals surface area (Å²) >= 11 is 0. The molecule has 0 saturated carbocycles. The van der Waals surface area contributed by atoms with Crippen LogP contribution in [-0.4, -0.2) is 18.0 Å². The van der Waals surface area contributed by atoms with Gasteiger partial charge in [-0.2, -0.15) is 0 Å². The van der Waals surface area contributed by atoms with E-state index in [2.05, 4.69) is 24.1 Å². The van der Waals surface area contributed by atoms with Gasteiger partial charge in [0.15, 0.2) is 5.58 Å². The van der Waals surface area contributed by atoms with Crippen molar-refractivity contribution >= 4 is 22.7 Å². The van der Waals surface area contributed by atoms with Gasteiger partial charge in [0.1, 0.15) is 11.3 Å². The van der Waals surface area contributed by atoms with Gasteiger partial charge in [0, 0.05) is 16.8 Å². The summed E-state index contributed by atoms with van der Waals surface area (Å²) in [4.78, 5) is 17.1. The van der Waals surface area contributed by atoms with Crippen molar-refractivity contribution in [3.8, 4) is 17.2 Å². The van der Waals surface area contributed by atoms with Crippen molar-refractivity contribution in [1.29, 1.82) is 0 Å². The van der Waals surface area contributed by atoms with E-state index in [9.17, 15) is 4.79 Å². The first-order valence-corrected chi connectivity index (χ1v) is 9.50. The summed E-state index contributed by atoms with van der Waals surface area (Å²) in [6, 6.07) is 20.6. The fourth-order valence-electron chi connectivity index (χ4n) is 3.08. The molecule has 5 heteroatoms. The number of carbonyl (C=O) groups excluding carboxylic acids is 1. The Bertz CT molecular complexity index is 1140. The molecule has 1 heterocycles. The van der Waals surface area contributed by atoms with E-state index in [1.807, 2.05) is 66.7 Å². The number of aromatic nitrogens is 1. The number of methoxy groups -OCH3 is 1. The molecule has 0 fully saturated rings. The zero-order valence-electron chi connectivity index (χ0n) is 16.6. The van der Waals surface area contributed by atoms with E-state index in [4.69, 9.17) is 9.15 Å². The van der Waals surface area contributed by atoms with Gasteiger partial charge in [-0.1, -0.05) is 26.0 Å². The number of fused-ring (bicyclic) bond motifs is 1. The first kappa shape index (κ1) is 18.7. The summed E-state index contributed by atoms with van der Waals surface area (Å²) in [7, 11) is 1.63. The molecule has 29 heavy (non-hydrogen) atoms. The number of anilines is 1. The smallest absolute Gasteiger partial charge is 0.255 e. The fraction of sp³-hybridized carbons (Fsp3) is 0.167. The lowest BCUT2D eigenvalue weighted by molar-refractivity contribution is 0.102. The molecule has 3 aromatic carbocycles. The Morgan fingerprint density at radius 1 is 1.00 bits per heavy atom. The van der Waals surface area contributed by atoms with Crippen molar-refractivity contribution in [2.75, 3.05) is 12.4 Å². The van der Waals surface area contributed by atoms with Crippen LogP contribution in [0.15, 0.2) is 71.1 Å². The quantitative estimate of drug-likeness (QED) is 0.465. The highest BCUT2D eigenvalue weighted by atomic mass is 16.5. The molecular formula is C24H22N2O3. The molecule has 0 atom stereocenters. The van der Waals surface area contributed by atoms with Gasteiger partial charge < -0.3 is 14.5 Å². The van der Waals surface area contributed by atoms with Crippen LogP contribution in [0.3, 0.4) is 0 Å². The van der Waals surface area contributed by atoms with Gasteiger partial charge in [-0.15, -0.1) is 0 Å². The standard InChI is InChI=1S/C24H22N2O3/c1-15(2)16-4-6-17(7-5-16)23(27)25-19-10-13-22-21(14-19)26-24(29-22)18-8-11-20(28-3)12-9-18/h4-15H,1-3H3,(H,25,27). The number of benzene rings is 3. The van der Waals surface area contributed by atoms with Crippen LogP contribution in [0.4, 0.5) is 5.69 Å². The first-order chi connectivity index (χ1) is 14.0. The normalized spacial score (nSPS) is 11.0. The summed E-state index contributed by atoms with van der Waals surface area (Å²) in [5, 5.41) is 2.93. The number of hydrogen-bond acceptors (Lipinski definition) is 4. The van der Waals surface area contributed by atoms with Crippen LogP contribution in [-0.2, 0) is 0 Å². The lowest BCUT2D eigenvalue weighted by Crippen LogP contribution is -2.11. The Kier molecular flexibility index (Phi) is 5.04. The first-order valence-electron chi connectivity index (χ1n) is 9.50. The van der Waals surface area contributed by atoms with E-state index in [0.717, 1.165) is 11.3 Å². The number of nitrogens with one attached hydrogen (secondary N) is 1. The van der Waals surface area contributed by atoms with Crippen molar-refractivity contribution in [3.05, 3.63) is 77.9 Å². The fourth-order valence-corrected chi connectivity index (χ4v) is 3.08. The topological polar surface area (TPSA) is 64.4 Å². The molecule has 4 rings (SSSR count). The number of carbonyl (C=O) groups is 1. The second kappa shape index (κ2) is 7.80. The van der Waals surface area contributed by atoms with Gasteiger partial charge in [-0.25, -0.2) is 4.98 Å². The summed E-state index contributed by atoms with van der Waals surface area (Å²) in [5.74, 6) is 1.58. The predicted octanol–water partition coefficient (Wildman–Crippen LogP) is 5.88. The molecule has 0 aliphatic carbocycles. The van der Waals surface area contributed by atoms with Crippen LogP contribution >= 0.6 is 0 Å². The van der Waals surface area contributed by atoms with Crippen LogP contribution in [0.2, 0.25) is 0 Å². The minimum atomic E-state index is -0.154. The molecule has 1 aromatic heterocycles. The Hall–Kier alpha value is -3.60. The lowest BCUT2D eigenvalue weighted by Gasteiger charge is -2.08. The molecular weight excluding hydrogens is 364 g/mol. The Balaban J connectivity index is 1.54. The number of nitrogens with zero attached hydrogens (tertiary/aromatic N) is 1. The van der Waals surface area contributed by atoms with Gasteiger partial charge in [-0.05, 0) is 66.1 Å². The second-order valence-electron chi connectivity index (χ2n) is 7.16. The van der Waals surface area contributed by atoms with Crippen molar-refractivity contribution in [3.63, 3.8) is 0 Å². The molecule has 1 amide bonds. The van der Waals surface area contributed by atoms with Crippen LogP contribution < -0.4 is 10.1 Å². The van der Waals surface area contributed by atoms with Gasteiger partial charge >= 0.3 is 0 Å². The van der Waals surface area contributed by atoms with Crippen molar-refractivity contribution < 1.29 is 13.9 Å². The maximum Gasteiger partial charge on any atom is 0.255 e. The van der Waals surface area contributed by atoms with Gasteiger partial charge in [0.25, 0.3) is 5.91 Å². The summed E-state index contributed by atoms with van der Waals surface area (Å²) in [5.41, 5.74) is 4.70. The minimum Gasteiger partial charge on any atom is -0.497 e. The maximum atomic E-state index is 12.6. The van der Waals surface area contributed by atoms with Crippen LogP contribution in [0, 0.1) is 0 Å². The van der Waals surface area contributed by atoms with E-state index in [1.54, 1.807) is 7.11 Å². The molecule has 146 valence electrons. The molecule has 0 spiro atoms. The highest BCUT2D eigenvalue weighted by Crippen LogP contribution is 2.27. The third-order valence-corrected chi connectivity index (χ3v) is 4.82. The monoisotopic (exact) mass is 386 g/mol. The summed E-state index contributed by atoms with van der Waals surface area (Å²) in [6.07, 6.45) is 0. The number of amides is 1. The van der Waals surface area contributed by atoms with E-state index >= 15 is 0 Å². The molecule has 0 radical (unpaired) electrons. The van der Waals surface area contributed by atoms with Crippen LogP contribution in [0.25, 0.3) is 22.6 Å². The number of hydrogen-bond donors (Lipinski definition) is 1. The highest BCUT2D eigenvalue weighted by molar-refractivity contribution is 6.05. The third kappa shape index (κ3) is 3.99. The van der Waals surface area contributed by atoms with Gasteiger partial charge in [0.05, 0.1) is 7.11 Å². The van der Waals surface area contributed by atoms with Gasteiger partial charge in [0.2, 0.25) is 5.89 Å². The molecule has 0 saturated heterocycles. The number of oxazole rings is 1. The van der Waals surface area contributed by atoms with E-state index in [0.29, 0.717) is 34.2 Å². The summed E-state index contributed by atoms with van der Waals surface area (Å²) < 4.78 is 11.0. The number of rotatable bonds is 5. The maximum absolute atomic E-state index is 12.6. The largest absolute Gasteiger partial charge is 0.497 e. The van der Waals surface area contributed by atoms with E-state index in [-0.39, 0.29) is 5.91 Å². The van der Waals surface area contributed by atoms with Crippen molar-refractivity contribution in [1.82, 2.24) is 4.98 Å². The SMILES string of the molecule is COc1ccc(-c2nc3cc(NC(=O)c4ccc(C(C)C)cc4)ccc3o2)cc1. The molecule has 0 aliphatic heterocycles. The van der Waals surface area contributed by atoms with Crippen molar-refractivity contribution in [2.24, 2.45) is 0 Å². The third-order valence-electron chi connectivity index (χ3n) is 4.82. The average Bonchev–Trinajstić information content (AvgIpc) is 3.17. The summed E-state index contributed by atoms with van der Waals surface area (Å²) in [6.45, 7) is 4.25. The molecule has 1 N–H and O–H groups in total. The molecule has 4 aromatic rings. The highest BCUT2D eigenvalue weighted by Gasteiger charge is 2.11. The lowest BCUT2D eigenvalue weighted by atomic mass is 10.0. The van der Waals surface area contributed by atoms with E-state index < -0.39 is 0 Å². The zero-order valence-corrected chi connectivity index (χ0v) is 16.6. The Morgan fingerprint density at radius 2 is 1.72 bits per heavy atom. The van der Waals surface area contributed by atoms with E-state index in [1.165, 1.54) is 5.56 Å². The minimum absolute atomic E-state index is 0.154. The second-order valence-corrected chi connectivity index (χ2v) is 7.16.